The highest BCUT2D eigenvalue weighted by Crippen LogP contribution is 2.32. The van der Waals surface area contributed by atoms with Crippen LogP contribution < -0.4 is 5.32 Å². The van der Waals surface area contributed by atoms with Crippen LogP contribution in [0.15, 0.2) is 24.5 Å². The Hall–Kier alpha value is -1.42. The smallest absolute Gasteiger partial charge is 0.225 e. The Kier molecular flexibility index (Phi) is 4.01. The molecule has 0 bridgehead atoms. The fraction of sp³-hybridized carbons (Fsp3) is 0.625. The summed E-state index contributed by atoms with van der Waals surface area (Å²) < 4.78 is 0. The van der Waals surface area contributed by atoms with E-state index in [1.807, 2.05) is 12.3 Å². The second kappa shape index (κ2) is 5.92. The minimum atomic E-state index is 0.349. The van der Waals surface area contributed by atoms with Crippen LogP contribution in [0.25, 0.3) is 0 Å². The normalized spacial score (nSPS) is 26.6. The zero-order valence-corrected chi connectivity index (χ0v) is 12.1. The lowest BCUT2D eigenvalue weighted by Gasteiger charge is -2.37. The number of piperidine rings is 1. The molecule has 4 heteroatoms. The number of likely N-dealkylation sites (tertiary alicyclic amines) is 1. The van der Waals surface area contributed by atoms with Crippen LogP contribution in [-0.2, 0) is 11.3 Å². The van der Waals surface area contributed by atoms with Crippen molar-refractivity contribution >= 4 is 5.91 Å². The number of hydrogen-bond acceptors (Lipinski definition) is 3. The van der Waals surface area contributed by atoms with Crippen molar-refractivity contribution in [3.63, 3.8) is 0 Å². The Balaban J connectivity index is 1.48. The van der Waals surface area contributed by atoms with E-state index in [1.165, 1.54) is 5.56 Å². The molecule has 2 atom stereocenters. The van der Waals surface area contributed by atoms with Crippen LogP contribution >= 0.6 is 0 Å². The summed E-state index contributed by atoms with van der Waals surface area (Å²) in [6.45, 7) is 4.91. The molecule has 1 aliphatic carbocycles. The molecule has 0 aromatic carbocycles. The molecule has 0 spiro atoms. The highest BCUT2D eigenvalue weighted by molar-refractivity contribution is 5.81. The number of pyridine rings is 1. The van der Waals surface area contributed by atoms with Gasteiger partial charge in [0.2, 0.25) is 5.91 Å². The van der Waals surface area contributed by atoms with E-state index in [-0.39, 0.29) is 0 Å². The first-order chi connectivity index (χ1) is 9.74. The fourth-order valence-corrected chi connectivity index (χ4v) is 2.99. The highest BCUT2D eigenvalue weighted by Gasteiger charge is 2.36. The predicted molar refractivity (Wildman–Crippen MR) is 77.9 cm³/mol. The van der Waals surface area contributed by atoms with Crippen molar-refractivity contribution in [2.45, 2.75) is 38.8 Å². The van der Waals surface area contributed by atoms with Crippen LogP contribution in [0.3, 0.4) is 0 Å². The van der Waals surface area contributed by atoms with E-state index in [0.29, 0.717) is 23.8 Å². The first kappa shape index (κ1) is 13.6. The van der Waals surface area contributed by atoms with Crippen LogP contribution in [-0.4, -0.2) is 34.9 Å². The molecule has 2 aliphatic rings. The average molecular weight is 273 g/mol. The standard InChI is InChI=1S/C16H23N3O/c1-12-11-19(16(20)14-4-5-14)8-6-15(12)18-10-13-3-2-7-17-9-13/h2-3,7,9,12,14-15,18H,4-6,8,10-11H2,1H3. The number of hydrogen-bond donors (Lipinski definition) is 1. The van der Waals surface area contributed by atoms with Crippen LogP contribution in [0.2, 0.25) is 0 Å². The van der Waals surface area contributed by atoms with Crippen LogP contribution in [0.1, 0.15) is 31.7 Å². The van der Waals surface area contributed by atoms with E-state index in [1.54, 1.807) is 6.20 Å². The molecular formula is C16H23N3O. The predicted octanol–water partition coefficient (Wildman–Crippen LogP) is 1.82. The van der Waals surface area contributed by atoms with Gasteiger partial charge in [-0.3, -0.25) is 9.78 Å². The molecule has 1 aliphatic heterocycles. The van der Waals surface area contributed by atoms with Crippen molar-refractivity contribution in [1.29, 1.82) is 0 Å². The molecule has 1 N–H and O–H groups in total. The molecule has 1 saturated heterocycles. The maximum atomic E-state index is 12.1. The number of rotatable bonds is 4. The lowest BCUT2D eigenvalue weighted by molar-refractivity contribution is -0.134. The molecule has 2 fully saturated rings. The van der Waals surface area contributed by atoms with E-state index < -0.39 is 0 Å². The summed E-state index contributed by atoms with van der Waals surface area (Å²) in [5.41, 5.74) is 1.22. The Morgan fingerprint density at radius 1 is 1.45 bits per heavy atom. The van der Waals surface area contributed by atoms with Gasteiger partial charge in [0.25, 0.3) is 0 Å². The molecule has 2 heterocycles. The summed E-state index contributed by atoms with van der Waals surface area (Å²) in [6.07, 6.45) is 6.97. The van der Waals surface area contributed by atoms with Crippen molar-refractivity contribution in [3.8, 4) is 0 Å². The highest BCUT2D eigenvalue weighted by atomic mass is 16.2. The fourth-order valence-electron chi connectivity index (χ4n) is 2.99. The minimum Gasteiger partial charge on any atom is -0.342 e. The Labute approximate surface area is 120 Å². The van der Waals surface area contributed by atoms with Gasteiger partial charge in [-0.2, -0.15) is 0 Å². The number of carbonyl (C=O) groups excluding carboxylic acids is 1. The van der Waals surface area contributed by atoms with E-state index in [0.717, 1.165) is 38.9 Å². The van der Waals surface area contributed by atoms with Gasteiger partial charge in [-0.05, 0) is 36.8 Å². The lowest BCUT2D eigenvalue weighted by atomic mass is 9.93. The van der Waals surface area contributed by atoms with Gasteiger partial charge in [-0.1, -0.05) is 13.0 Å². The maximum Gasteiger partial charge on any atom is 0.225 e. The third-order valence-corrected chi connectivity index (χ3v) is 4.43. The SMILES string of the molecule is CC1CN(C(=O)C2CC2)CCC1NCc1cccnc1. The van der Waals surface area contributed by atoms with Crippen LogP contribution in [0.5, 0.6) is 0 Å². The van der Waals surface area contributed by atoms with Gasteiger partial charge in [0, 0.05) is 44.0 Å². The zero-order valence-electron chi connectivity index (χ0n) is 12.1. The third kappa shape index (κ3) is 3.18. The second-order valence-corrected chi connectivity index (χ2v) is 6.17. The van der Waals surface area contributed by atoms with E-state index in [4.69, 9.17) is 0 Å². The number of carbonyl (C=O) groups is 1. The molecule has 1 aromatic rings. The number of nitrogens with zero attached hydrogens (tertiary/aromatic N) is 2. The van der Waals surface area contributed by atoms with Gasteiger partial charge in [0.1, 0.15) is 0 Å². The quantitative estimate of drug-likeness (QED) is 0.910. The molecule has 1 aromatic heterocycles. The van der Waals surface area contributed by atoms with Gasteiger partial charge in [0.05, 0.1) is 0 Å². The number of amides is 1. The van der Waals surface area contributed by atoms with Gasteiger partial charge >= 0.3 is 0 Å². The maximum absolute atomic E-state index is 12.1. The molecule has 4 nitrogen and oxygen atoms in total. The topological polar surface area (TPSA) is 45.2 Å². The molecule has 2 unspecified atom stereocenters. The minimum absolute atomic E-state index is 0.349. The monoisotopic (exact) mass is 273 g/mol. The van der Waals surface area contributed by atoms with E-state index in [9.17, 15) is 4.79 Å². The molecule has 3 rings (SSSR count). The van der Waals surface area contributed by atoms with Gasteiger partial charge in [-0.25, -0.2) is 0 Å². The second-order valence-electron chi connectivity index (χ2n) is 6.17. The zero-order chi connectivity index (χ0) is 13.9. The molecule has 0 radical (unpaired) electrons. The summed E-state index contributed by atoms with van der Waals surface area (Å²) in [5, 5.41) is 3.61. The molecule has 108 valence electrons. The van der Waals surface area contributed by atoms with Crippen molar-refractivity contribution in [2.24, 2.45) is 11.8 Å². The Bertz CT molecular complexity index is 458. The van der Waals surface area contributed by atoms with Crippen molar-refractivity contribution in [1.82, 2.24) is 15.2 Å². The first-order valence-electron chi connectivity index (χ1n) is 7.65. The molecular weight excluding hydrogens is 250 g/mol. The van der Waals surface area contributed by atoms with Gasteiger partial charge in [-0.15, -0.1) is 0 Å². The average Bonchev–Trinajstić information content (AvgIpc) is 3.31. The van der Waals surface area contributed by atoms with Gasteiger partial charge < -0.3 is 10.2 Å². The Morgan fingerprint density at radius 3 is 2.95 bits per heavy atom. The van der Waals surface area contributed by atoms with Crippen LogP contribution in [0, 0.1) is 11.8 Å². The van der Waals surface area contributed by atoms with Crippen molar-refractivity contribution in [2.75, 3.05) is 13.1 Å². The summed E-state index contributed by atoms with van der Waals surface area (Å²) >= 11 is 0. The Morgan fingerprint density at radius 2 is 2.30 bits per heavy atom. The molecule has 1 saturated carbocycles. The summed E-state index contributed by atoms with van der Waals surface area (Å²) in [5.74, 6) is 1.26. The number of aromatic nitrogens is 1. The van der Waals surface area contributed by atoms with Crippen molar-refractivity contribution in [3.05, 3.63) is 30.1 Å². The summed E-state index contributed by atoms with van der Waals surface area (Å²) in [6, 6.07) is 4.56. The van der Waals surface area contributed by atoms with E-state index in [2.05, 4.69) is 28.2 Å². The summed E-state index contributed by atoms with van der Waals surface area (Å²) in [4.78, 5) is 18.3. The van der Waals surface area contributed by atoms with Gasteiger partial charge in [0.15, 0.2) is 0 Å². The lowest BCUT2D eigenvalue weighted by Crippen LogP contribution is -2.50. The molecule has 20 heavy (non-hydrogen) atoms. The van der Waals surface area contributed by atoms with Crippen molar-refractivity contribution < 1.29 is 4.79 Å². The first-order valence-corrected chi connectivity index (χ1v) is 7.65. The third-order valence-electron chi connectivity index (χ3n) is 4.43. The largest absolute Gasteiger partial charge is 0.342 e. The van der Waals surface area contributed by atoms with E-state index >= 15 is 0 Å². The summed E-state index contributed by atoms with van der Waals surface area (Å²) in [7, 11) is 0. The van der Waals surface area contributed by atoms with Crippen LogP contribution in [0.4, 0.5) is 0 Å². The number of nitrogens with one attached hydrogen (secondary N) is 1. The molecule has 1 amide bonds.